The number of aromatic nitrogens is 3. The van der Waals surface area contributed by atoms with Crippen molar-refractivity contribution >= 4 is 23.1 Å². The Morgan fingerprint density at radius 1 is 1.39 bits per heavy atom. The number of rotatable bonds is 7. The van der Waals surface area contributed by atoms with E-state index in [4.69, 9.17) is 16.3 Å². The molecule has 0 unspecified atom stereocenters. The molecule has 2 rings (SSSR count). The van der Waals surface area contributed by atoms with Crippen LogP contribution in [0.15, 0.2) is 18.5 Å². The van der Waals surface area contributed by atoms with E-state index in [0.29, 0.717) is 19.1 Å². The van der Waals surface area contributed by atoms with Gasteiger partial charge in [0.2, 0.25) is 0 Å². The van der Waals surface area contributed by atoms with Gasteiger partial charge in [-0.3, -0.25) is 0 Å². The second-order valence-electron chi connectivity index (χ2n) is 4.03. The number of anilines is 1. The van der Waals surface area contributed by atoms with E-state index in [1.54, 1.807) is 10.8 Å². The molecule has 0 fully saturated rings. The summed E-state index contributed by atoms with van der Waals surface area (Å²) in [6, 6.07) is 4.06. The molecule has 2 aromatic rings. The first-order valence-corrected chi connectivity index (χ1v) is 6.52. The maximum atomic E-state index is 5.52. The summed E-state index contributed by atoms with van der Waals surface area (Å²) < 4.78 is 7.11. The first-order chi connectivity index (χ1) is 8.81. The zero-order chi connectivity index (χ0) is 12.8. The summed E-state index contributed by atoms with van der Waals surface area (Å²) in [5, 5.41) is 7.52. The first-order valence-electron chi connectivity index (χ1n) is 5.99. The van der Waals surface area contributed by atoms with E-state index >= 15 is 0 Å². The molecule has 6 heteroatoms. The number of halogens is 1. The van der Waals surface area contributed by atoms with E-state index in [-0.39, 0.29) is 0 Å². The van der Waals surface area contributed by atoms with Crippen LogP contribution in [0, 0.1) is 6.92 Å². The van der Waals surface area contributed by atoms with E-state index in [0.717, 1.165) is 30.0 Å². The molecule has 0 radical (unpaired) electrons. The van der Waals surface area contributed by atoms with Crippen LogP contribution in [0.3, 0.4) is 0 Å². The maximum absolute atomic E-state index is 5.52. The number of fused-ring (bicyclic) bond motifs is 1. The number of pyridine rings is 1. The van der Waals surface area contributed by atoms with Crippen LogP contribution in [0.4, 0.5) is 5.82 Å². The number of aryl methyl sites for hydroxylation is 1. The van der Waals surface area contributed by atoms with E-state index in [9.17, 15) is 0 Å². The summed E-state index contributed by atoms with van der Waals surface area (Å²) >= 11 is 5.52. The molecule has 0 amide bonds. The average Bonchev–Trinajstić information content (AvgIpc) is 2.81. The highest BCUT2D eigenvalue weighted by molar-refractivity contribution is 6.17. The Morgan fingerprint density at radius 3 is 3.11 bits per heavy atom. The van der Waals surface area contributed by atoms with Crippen LogP contribution in [-0.4, -0.2) is 40.2 Å². The van der Waals surface area contributed by atoms with Gasteiger partial charge < -0.3 is 10.1 Å². The Morgan fingerprint density at radius 2 is 2.28 bits per heavy atom. The predicted molar refractivity (Wildman–Crippen MR) is 72.4 cm³/mol. The van der Waals surface area contributed by atoms with Crippen LogP contribution in [0.1, 0.15) is 12.0 Å². The molecule has 0 aliphatic rings. The van der Waals surface area contributed by atoms with Crippen LogP contribution in [0.5, 0.6) is 0 Å². The van der Waals surface area contributed by atoms with Crippen LogP contribution >= 0.6 is 11.6 Å². The molecule has 2 aromatic heterocycles. The second kappa shape index (κ2) is 6.56. The third kappa shape index (κ3) is 3.34. The van der Waals surface area contributed by atoms with Crippen molar-refractivity contribution in [3.8, 4) is 0 Å². The minimum atomic E-state index is 0.547. The van der Waals surface area contributed by atoms with Crippen molar-refractivity contribution in [2.75, 3.05) is 31.0 Å². The summed E-state index contributed by atoms with van der Waals surface area (Å²) in [5.41, 5.74) is 2.02. The third-order valence-corrected chi connectivity index (χ3v) is 2.67. The van der Waals surface area contributed by atoms with Gasteiger partial charge in [-0.1, -0.05) is 0 Å². The number of nitrogens with zero attached hydrogens (tertiary/aromatic N) is 3. The molecule has 0 aliphatic heterocycles. The van der Waals surface area contributed by atoms with Gasteiger partial charge in [-0.05, 0) is 31.0 Å². The molecule has 1 N–H and O–H groups in total. The number of alkyl halides is 1. The minimum absolute atomic E-state index is 0.547. The van der Waals surface area contributed by atoms with Crippen molar-refractivity contribution in [1.29, 1.82) is 0 Å². The summed E-state index contributed by atoms with van der Waals surface area (Å²) in [6.45, 7) is 4.20. The minimum Gasteiger partial charge on any atom is -0.380 e. The molecular formula is C12H17ClN4O. The number of ether oxygens (including phenoxy) is 1. The lowest BCUT2D eigenvalue weighted by Gasteiger charge is -2.09. The standard InChI is InChI=1S/C12H17ClN4O/c1-10-7-11(14-4-2-5-18-6-3-13)17-12(8-10)15-9-16-17/h7-9,14H,2-6H2,1H3. The molecule has 0 aliphatic carbocycles. The normalized spacial score (nSPS) is 11.0. The molecule has 0 spiro atoms. The molecule has 18 heavy (non-hydrogen) atoms. The first kappa shape index (κ1) is 13.1. The fourth-order valence-electron chi connectivity index (χ4n) is 1.73. The average molecular weight is 269 g/mol. The number of nitrogens with one attached hydrogen (secondary N) is 1. The topological polar surface area (TPSA) is 51.5 Å². The quantitative estimate of drug-likeness (QED) is 0.617. The van der Waals surface area contributed by atoms with Gasteiger partial charge in [-0.2, -0.15) is 9.61 Å². The lowest BCUT2D eigenvalue weighted by molar-refractivity contribution is 0.149. The van der Waals surface area contributed by atoms with E-state index in [1.807, 2.05) is 13.0 Å². The van der Waals surface area contributed by atoms with Crippen LogP contribution in [-0.2, 0) is 4.74 Å². The molecule has 0 atom stereocenters. The molecule has 0 saturated carbocycles. The van der Waals surface area contributed by atoms with Gasteiger partial charge in [0.15, 0.2) is 5.65 Å². The van der Waals surface area contributed by atoms with Gasteiger partial charge >= 0.3 is 0 Å². The van der Waals surface area contributed by atoms with Gasteiger partial charge in [0.05, 0.1) is 6.61 Å². The summed E-state index contributed by atoms with van der Waals surface area (Å²) in [7, 11) is 0. The molecule has 98 valence electrons. The fourth-order valence-corrected chi connectivity index (χ4v) is 1.84. The lowest BCUT2D eigenvalue weighted by atomic mass is 10.3. The Bertz CT molecular complexity index is 500. The number of hydrogen-bond acceptors (Lipinski definition) is 4. The van der Waals surface area contributed by atoms with Crippen LogP contribution in [0.2, 0.25) is 0 Å². The van der Waals surface area contributed by atoms with Crippen molar-refractivity contribution in [3.63, 3.8) is 0 Å². The molecule has 5 nitrogen and oxygen atoms in total. The summed E-state index contributed by atoms with van der Waals surface area (Å²) in [5.74, 6) is 1.50. The Kier molecular flexibility index (Phi) is 4.78. The van der Waals surface area contributed by atoms with Crippen LogP contribution in [0.25, 0.3) is 5.65 Å². The zero-order valence-electron chi connectivity index (χ0n) is 10.4. The maximum Gasteiger partial charge on any atom is 0.157 e. The van der Waals surface area contributed by atoms with Gasteiger partial charge in [-0.15, -0.1) is 11.6 Å². The van der Waals surface area contributed by atoms with Crippen LogP contribution < -0.4 is 5.32 Å². The number of hydrogen-bond donors (Lipinski definition) is 1. The third-order valence-electron chi connectivity index (χ3n) is 2.52. The smallest absolute Gasteiger partial charge is 0.157 e. The van der Waals surface area contributed by atoms with Gasteiger partial charge in [0.25, 0.3) is 0 Å². The lowest BCUT2D eigenvalue weighted by Crippen LogP contribution is -2.10. The van der Waals surface area contributed by atoms with Crippen molar-refractivity contribution in [2.45, 2.75) is 13.3 Å². The van der Waals surface area contributed by atoms with Gasteiger partial charge in [-0.25, -0.2) is 4.98 Å². The Hall–Kier alpha value is -1.33. The summed E-state index contributed by atoms with van der Waals surface area (Å²) in [4.78, 5) is 4.18. The Balaban J connectivity index is 1.89. The largest absolute Gasteiger partial charge is 0.380 e. The highest BCUT2D eigenvalue weighted by atomic mass is 35.5. The van der Waals surface area contributed by atoms with Gasteiger partial charge in [0, 0.05) is 19.0 Å². The van der Waals surface area contributed by atoms with E-state index in [2.05, 4.69) is 21.5 Å². The van der Waals surface area contributed by atoms with Gasteiger partial charge in [0.1, 0.15) is 12.1 Å². The molecule has 0 aromatic carbocycles. The SMILES string of the molecule is Cc1cc(NCCCOCCCl)n2ncnc2c1. The van der Waals surface area contributed by atoms with Crippen molar-refractivity contribution in [2.24, 2.45) is 0 Å². The molecule has 0 saturated heterocycles. The highest BCUT2D eigenvalue weighted by Gasteiger charge is 2.03. The fraction of sp³-hybridized carbons (Fsp3) is 0.500. The predicted octanol–water partition coefficient (Wildman–Crippen LogP) is 2.10. The zero-order valence-corrected chi connectivity index (χ0v) is 11.2. The summed E-state index contributed by atoms with van der Waals surface area (Å²) in [6.07, 6.45) is 2.49. The molecule has 0 bridgehead atoms. The second-order valence-corrected chi connectivity index (χ2v) is 4.41. The highest BCUT2D eigenvalue weighted by Crippen LogP contribution is 2.12. The van der Waals surface area contributed by atoms with E-state index in [1.165, 1.54) is 0 Å². The van der Waals surface area contributed by atoms with Crippen molar-refractivity contribution in [1.82, 2.24) is 14.6 Å². The molecular weight excluding hydrogens is 252 g/mol. The Labute approximate surface area is 111 Å². The van der Waals surface area contributed by atoms with E-state index < -0.39 is 0 Å². The molecule has 2 heterocycles. The monoisotopic (exact) mass is 268 g/mol. The van der Waals surface area contributed by atoms with Crippen molar-refractivity contribution < 1.29 is 4.74 Å². The van der Waals surface area contributed by atoms with Crippen molar-refractivity contribution in [3.05, 3.63) is 24.0 Å².